The predicted octanol–water partition coefficient (Wildman–Crippen LogP) is 3.60. The number of aromatic nitrogens is 4. The third kappa shape index (κ3) is 3.23. The summed E-state index contributed by atoms with van der Waals surface area (Å²) in [6.07, 6.45) is 5.36. The molecule has 0 radical (unpaired) electrons. The minimum atomic E-state index is -0.313. The van der Waals surface area contributed by atoms with Crippen molar-refractivity contribution < 1.29 is 9.18 Å². The Hall–Kier alpha value is -3.00. The highest BCUT2D eigenvalue weighted by Gasteiger charge is 2.21. The first-order chi connectivity index (χ1) is 13.1. The van der Waals surface area contributed by atoms with Crippen molar-refractivity contribution in [1.82, 2.24) is 23.8 Å². The molecule has 6 nitrogen and oxygen atoms in total. The van der Waals surface area contributed by atoms with Crippen LogP contribution in [0.4, 0.5) is 4.39 Å². The molecule has 4 rings (SSSR count). The fourth-order valence-corrected chi connectivity index (χ4v) is 3.78. The Kier molecular flexibility index (Phi) is 4.49. The molecule has 0 aliphatic heterocycles. The summed E-state index contributed by atoms with van der Waals surface area (Å²) in [4.78, 5) is 24.3. The largest absolute Gasteiger partial charge is 0.337 e. The summed E-state index contributed by atoms with van der Waals surface area (Å²) in [6.45, 7) is 2.94. The molecular formula is C19H18FN5OS. The first-order valence-corrected chi connectivity index (χ1v) is 9.42. The van der Waals surface area contributed by atoms with Crippen LogP contribution >= 0.6 is 11.3 Å². The van der Waals surface area contributed by atoms with E-state index in [0.29, 0.717) is 35.0 Å². The van der Waals surface area contributed by atoms with Crippen LogP contribution in [0.15, 0.2) is 48.2 Å². The number of benzene rings is 1. The van der Waals surface area contributed by atoms with Gasteiger partial charge in [-0.15, -0.1) is 11.3 Å². The molecule has 0 unspecified atom stereocenters. The van der Waals surface area contributed by atoms with Gasteiger partial charge in [0.15, 0.2) is 4.96 Å². The molecule has 138 valence electrons. The van der Waals surface area contributed by atoms with E-state index in [9.17, 15) is 9.18 Å². The third-order valence-electron chi connectivity index (χ3n) is 4.47. The first-order valence-electron chi connectivity index (χ1n) is 8.55. The van der Waals surface area contributed by atoms with Gasteiger partial charge in [0, 0.05) is 43.1 Å². The molecule has 3 aromatic heterocycles. The lowest BCUT2D eigenvalue weighted by molar-refractivity contribution is 0.0740. The average molecular weight is 383 g/mol. The van der Waals surface area contributed by atoms with Crippen LogP contribution < -0.4 is 0 Å². The maximum absolute atomic E-state index is 13.5. The Morgan fingerprint density at radius 2 is 2.22 bits per heavy atom. The van der Waals surface area contributed by atoms with E-state index in [0.717, 1.165) is 5.82 Å². The van der Waals surface area contributed by atoms with E-state index in [1.807, 2.05) is 24.7 Å². The molecule has 0 fully saturated rings. The van der Waals surface area contributed by atoms with Crippen molar-refractivity contribution in [2.24, 2.45) is 7.05 Å². The summed E-state index contributed by atoms with van der Waals surface area (Å²) < 4.78 is 17.2. The summed E-state index contributed by atoms with van der Waals surface area (Å²) >= 11 is 1.39. The van der Waals surface area contributed by atoms with Crippen LogP contribution in [0, 0.1) is 5.82 Å². The van der Waals surface area contributed by atoms with Gasteiger partial charge >= 0.3 is 0 Å². The molecule has 0 spiro atoms. The molecule has 1 aromatic carbocycles. The van der Waals surface area contributed by atoms with Gasteiger partial charge in [-0.3, -0.25) is 9.20 Å². The van der Waals surface area contributed by atoms with Crippen molar-refractivity contribution in [3.63, 3.8) is 0 Å². The van der Waals surface area contributed by atoms with E-state index in [-0.39, 0.29) is 11.7 Å². The van der Waals surface area contributed by atoms with Crippen LogP contribution in [0.3, 0.4) is 0 Å². The molecule has 1 amide bonds. The van der Waals surface area contributed by atoms with Gasteiger partial charge in [-0.2, -0.15) is 0 Å². The zero-order valence-corrected chi connectivity index (χ0v) is 15.8. The highest BCUT2D eigenvalue weighted by atomic mass is 32.1. The van der Waals surface area contributed by atoms with Crippen molar-refractivity contribution >= 4 is 22.2 Å². The number of nitrogens with zero attached hydrogens (tertiary/aromatic N) is 5. The standard InChI is InChI=1S/C19H18FN5OS/c1-3-24(11-17-21-7-8-23(17)2)18(26)16-12-27-19-22-15(10-25(16)19)13-5-4-6-14(20)9-13/h4-10,12H,3,11H2,1-2H3. The fourth-order valence-electron chi connectivity index (χ4n) is 2.93. The lowest BCUT2D eigenvalue weighted by Gasteiger charge is -2.20. The van der Waals surface area contributed by atoms with Crippen molar-refractivity contribution in [3.05, 3.63) is 65.6 Å². The molecule has 0 saturated carbocycles. The monoisotopic (exact) mass is 383 g/mol. The van der Waals surface area contributed by atoms with Gasteiger partial charge < -0.3 is 9.47 Å². The summed E-state index contributed by atoms with van der Waals surface area (Å²) in [6, 6.07) is 6.28. The maximum atomic E-state index is 13.5. The van der Waals surface area contributed by atoms with Crippen molar-refractivity contribution in [3.8, 4) is 11.3 Å². The van der Waals surface area contributed by atoms with Crippen LogP contribution in [-0.4, -0.2) is 36.3 Å². The Morgan fingerprint density at radius 1 is 1.37 bits per heavy atom. The Labute approximate surface area is 159 Å². The van der Waals surface area contributed by atoms with Gasteiger partial charge in [0.2, 0.25) is 0 Å². The van der Waals surface area contributed by atoms with Crippen molar-refractivity contribution in [1.29, 1.82) is 0 Å². The van der Waals surface area contributed by atoms with E-state index in [1.54, 1.807) is 39.2 Å². The lowest BCUT2D eigenvalue weighted by atomic mass is 10.2. The predicted molar refractivity (Wildman–Crippen MR) is 102 cm³/mol. The van der Waals surface area contributed by atoms with Crippen LogP contribution in [0.1, 0.15) is 23.2 Å². The number of imidazole rings is 2. The van der Waals surface area contributed by atoms with E-state index in [2.05, 4.69) is 9.97 Å². The van der Waals surface area contributed by atoms with E-state index in [4.69, 9.17) is 0 Å². The lowest BCUT2D eigenvalue weighted by Crippen LogP contribution is -2.32. The fraction of sp³-hybridized carbons (Fsp3) is 0.211. The molecule has 8 heteroatoms. The van der Waals surface area contributed by atoms with Gasteiger partial charge in [0.1, 0.15) is 17.3 Å². The Bertz CT molecular complexity index is 1110. The Morgan fingerprint density at radius 3 is 2.93 bits per heavy atom. The van der Waals surface area contributed by atoms with Crippen LogP contribution in [-0.2, 0) is 13.6 Å². The topological polar surface area (TPSA) is 55.4 Å². The van der Waals surface area contributed by atoms with Gasteiger partial charge in [-0.25, -0.2) is 14.4 Å². The number of carbonyl (C=O) groups excluding carboxylic acids is 1. The number of thiazole rings is 1. The number of fused-ring (bicyclic) bond motifs is 1. The van der Waals surface area contributed by atoms with Gasteiger partial charge in [0.05, 0.1) is 12.2 Å². The molecule has 27 heavy (non-hydrogen) atoms. The zero-order valence-electron chi connectivity index (χ0n) is 15.0. The van der Waals surface area contributed by atoms with Crippen LogP contribution in [0.25, 0.3) is 16.2 Å². The normalized spacial score (nSPS) is 11.2. The molecule has 0 N–H and O–H groups in total. The minimum absolute atomic E-state index is 0.0880. The molecular weight excluding hydrogens is 365 g/mol. The van der Waals surface area contributed by atoms with Gasteiger partial charge in [-0.05, 0) is 19.1 Å². The third-order valence-corrected chi connectivity index (χ3v) is 5.31. The molecule has 4 aromatic rings. The summed E-state index contributed by atoms with van der Waals surface area (Å²) in [7, 11) is 1.91. The molecule has 0 aliphatic rings. The average Bonchev–Trinajstić information content (AvgIpc) is 3.35. The van der Waals surface area contributed by atoms with Crippen molar-refractivity contribution in [2.45, 2.75) is 13.5 Å². The molecule has 0 bridgehead atoms. The number of aryl methyl sites for hydroxylation is 1. The molecule has 0 saturated heterocycles. The molecule has 0 aliphatic carbocycles. The van der Waals surface area contributed by atoms with E-state index in [1.165, 1.54) is 23.5 Å². The zero-order chi connectivity index (χ0) is 19.0. The summed E-state index contributed by atoms with van der Waals surface area (Å²) in [5.41, 5.74) is 1.87. The van der Waals surface area contributed by atoms with E-state index < -0.39 is 0 Å². The highest BCUT2D eigenvalue weighted by Crippen LogP contribution is 2.25. The van der Waals surface area contributed by atoms with Gasteiger partial charge in [-0.1, -0.05) is 12.1 Å². The minimum Gasteiger partial charge on any atom is -0.337 e. The molecule has 3 heterocycles. The maximum Gasteiger partial charge on any atom is 0.272 e. The number of amides is 1. The summed E-state index contributed by atoms with van der Waals surface area (Å²) in [5.74, 6) is 0.421. The quantitative estimate of drug-likeness (QED) is 0.529. The highest BCUT2D eigenvalue weighted by molar-refractivity contribution is 7.15. The second-order valence-electron chi connectivity index (χ2n) is 6.18. The van der Waals surface area contributed by atoms with Crippen molar-refractivity contribution in [2.75, 3.05) is 6.54 Å². The van der Waals surface area contributed by atoms with E-state index >= 15 is 0 Å². The smallest absolute Gasteiger partial charge is 0.272 e. The second kappa shape index (κ2) is 6.96. The number of rotatable bonds is 5. The Balaban J connectivity index is 1.66. The number of hydrogen-bond acceptors (Lipinski definition) is 4. The first kappa shape index (κ1) is 17.4. The SMILES string of the molecule is CCN(Cc1nccn1C)C(=O)c1csc2nc(-c3cccc(F)c3)cn12. The number of carbonyl (C=O) groups is 1. The van der Waals surface area contributed by atoms with Gasteiger partial charge in [0.25, 0.3) is 5.91 Å². The number of hydrogen-bond donors (Lipinski definition) is 0. The second-order valence-corrected chi connectivity index (χ2v) is 7.02. The molecule has 0 atom stereocenters. The summed E-state index contributed by atoms with van der Waals surface area (Å²) in [5, 5.41) is 1.81. The van der Waals surface area contributed by atoms with Crippen LogP contribution in [0.2, 0.25) is 0 Å². The number of halogens is 1. The van der Waals surface area contributed by atoms with Crippen LogP contribution in [0.5, 0.6) is 0 Å².